The van der Waals surface area contributed by atoms with Gasteiger partial charge in [0.15, 0.2) is 5.75 Å². The first-order valence-corrected chi connectivity index (χ1v) is 11.4. The molecule has 10 heteroatoms. The van der Waals surface area contributed by atoms with Crippen LogP contribution in [0.1, 0.15) is 36.5 Å². The van der Waals surface area contributed by atoms with Crippen molar-refractivity contribution in [2.24, 2.45) is 5.14 Å². The van der Waals surface area contributed by atoms with Crippen molar-refractivity contribution < 1.29 is 32.2 Å². The van der Waals surface area contributed by atoms with E-state index in [0.717, 1.165) is 25.9 Å². The molecule has 0 saturated carbocycles. The minimum atomic E-state index is -4.29. The highest BCUT2D eigenvalue weighted by Crippen LogP contribution is 2.38. The first-order chi connectivity index (χ1) is 14.8. The van der Waals surface area contributed by atoms with Crippen molar-refractivity contribution in [2.75, 3.05) is 24.8 Å². The Hall–Kier alpha value is -3.11. The van der Waals surface area contributed by atoms with Crippen molar-refractivity contribution in [2.45, 2.75) is 31.1 Å². The first kappa shape index (κ1) is 22.6. The zero-order valence-electron chi connectivity index (χ0n) is 17.1. The molecule has 0 bridgehead atoms. The summed E-state index contributed by atoms with van der Waals surface area (Å²) in [4.78, 5) is 25.4. The summed E-state index contributed by atoms with van der Waals surface area (Å²) < 4.78 is 40.1. The molecule has 1 heterocycles. The predicted molar refractivity (Wildman–Crippen MR) is 112 cm³/mol. The SMILES string of the molecule is CCC(=O)OCOC(=O)c1cc(N2CCCC2)c(Oc2ccccc2)cc1S(N)(=O)=O. The number of para-hydroxylation sites is 1. The van der Waals surface area contributed by atoms with Gasteiger partial charge in [-0.2, -0.15) is 0 Å². The zero-order chi connectivity index (χ0) is 22.4. The Morgan fingerprint density at radius 1 is 1.06 bits per heavy atom. The van der Waals surface area contributed by atoms with E-state index in [-0.39, 0.29) is 17.7 Å². The topological polar surface area (TPSA) is 125 Å². The van der Waals surface area contributed by atoms with Gasteiger partial charge in [-0.3, -0.25) is 4.79 Å². The summed E-state index contributed by atoms with van der Waals surface area (Å²) in [5.41, 5.74) is 0.295. The van der Waals surface area contributed by atoms with Crippen LogP contribution in [0.2, 0.25) is 0 Å². The molecule has 0 aromatic heterocycles. The van der Waals surface area contributed by atoms with Gasteiger partial charge in [0.2, 0.25) is 16.8 Å². The number of nitrogens with zero attached hydrogens (tertiary/aromatic N) is 1. The Balaban J connectivity index is 2.01. The Kier molecular flexibility index (Phi) is 7.13. The molecule has 0 spiro atoms. The van der Waals surface area contributed by atoms with Gasteiger partial charge in [0.25, 0.3) is 0 Å². The van der Waals surface area contributed by atoms with E-state index in [1.807, 2.05) is 11.0 Å². The Labute approximate surface area is 180 Å². The maximum Gasteiger partial charge on any atom is 0.342 e. The fourth-order valence-electron chi connectivity index (χ4n) is 3.18. The molecule has 1 fully saturated rings. The number of sulfonamides is 1. The molecule has 9 nitrogen and oxygen atoms in total. The van der Waals surface area contributed by atoms with E-state index >= 15 is 0 Å². The van der Waals surface area contributed by atoms with Gasteiger partial charge in [-0.05, 0) is 31.0 Å². The standard InChI is InChI=1S/C21H24N2O7S/c1-2-20(24)28-14-29-21(25)16-12-17(23-10-6-7-11-23)18(13-19(16)31(22,26)27)30-15-8-4-3-5-9-15/h3-5,8-9,12-13H,2,6-7,10-11,14H2,1H3,(H2,22,26,27). The van der Waals surface area contributed by atoms with Crippen molar-refractivity contribution in [3.05, 3.63) is 48.0 Å². The van der Waals surface area contributed by atoms with Gasteiger partial charge < -0.3 is 19.1 Å². The lowest BCUT2D eigenvalue weighted by Crippen LogP contribution is -2.23. The summed E-state index contributed by atoms with van der Waals surface area (Å²) in [6.45, 7) is 2.42. The van der Waals surface area contributed by atoms with Gasteiger partial charge in [0.05, 0.1) is 11.3 Å². The third-order valence-corrected chi connectivity index (χ3v) is 5.65. The lowest BCUT2D eigenvalue weighted by molar-refractivity contribution is -0.151. The molecule has 1 aliphatic heterocycles. The molecule has 0 unspecified atom stereocenters. The van der Waals surface area contributed by atoms with Crippen LogP contribution < -0.4 is 14.8 Å². The number of carbonyl (C=O) groups is 2. The van der Waals surface area contributed by atoms with E-state index in [2.05, 4.69) is 0 Å². The zero-order valence-corrected chi connectivity index (χ0v) is 17.9. The van der Waals surface area contributed by atoms with Crippen molar-refractivity contribution >= 4 is 27.6 Å². The van der Waals surface area contributed by atoms with E-state index in [1.54, 1.807) is 31.2 Å². The first-order valence-electron chi connectivity index (χ1n) is 9.81. The number of nitrogens with two attached hydrogens (primary N) is 1. The maximum absolute atomic E-state index is 12.6. The Bertz CT molecular complexity index is 1050. The monoisotopic (exact) mass is 448 g/mol. The minimum absolute atomic E-state index is 0.116. The molecule has 1 saturated heterocycles. The number of anilines is 1. The molecule has 166 valence electrons. The van der Waals surface area contributed by atoms with Crippen LogP contribution in [0, 0.1) is 0 Å². The quantitative estimate of drug-likeness (QED) is 0.483. The molecular weight excluding hydrogens is 424 g/mol. The summed E-state index contributed by atoms with van der Waals surface area (Å²) in [6, 6.07) is 11.5. The van der Waals surface area contributed by atoms with Gasteiger partial charge in [0.1, 0.15) is 10.6 Å². The van der Waals surface area contributed by atoms with Gasteiger partial charge in [-0.15, -0.1) is 0 Å². The highest BCUT2D eigenvalue weighted by molar-refractivity contribution is 7.89. The van der Waals surface area contributed by atoms with E-state index in [1.165, 1.54) is 12.1 Å². The van der Waals surface area contributed by atoms with Crippen LogP contribution in [-0.2, 0) is 24.3 Å². The molecule has 1 aliphatic rings. The normalized spacial score (nSPS) is 13.7. The number of benzene rings is 2. The summed E-state index contributed by atoms with van der Waals surface area (Å²) in [5.74, 6) is -0.764. The van der Waals surface area contributed by atoms with Crippen LogP contribution in [0.15, 0.2) is 47.4 Å². The fraction of sp³-hybridized carbons (Fsp3) is 0.333. The molecule has 31 heavy (non-hydrogen) atoms. The third kappa shape index (κ3) is 5.74. The molecule has 2 aromatic rings. The average molecular weight is 448 g/mol. The van der Waals surface area contributed by atoms with Crippen molar-refractivity contribution in [1.82, 2.24) is 0 Å². The second-order valence-corrected chi connectivity index (χ2v) is 8.42. The van der Waals surface area contributed by atoms with Gasteiger partial charge in [0, 0.05) is 25.6 Å². The Morgan fingerprint density at radius 3 is 2.35 bits per heavy atom. The lowest BCUT2D eigenvalue weighted by atomic mass is 10.1. The summed E-state index contributed by atoms with van der Waals surface area (Å²) in [5, 5.41) is 5.37. The van der Waals surface area contributed by atoms with Gasteiger partial charge in [-0.1, -0.05) is 25.1 Å². The second-order valence-electron chi connectivity index (χ2n) is 6.89. The summed E-state index contributed by atoms with van der Waals surface area (Å²) in [7, 11) is -4.29. The van der Waals surface area contributed by atoms with E-state index < -0.39 is 33.7 Å². The number of ether oxygens (including phenoxy) is 3. The van der Waals surface area contributed by atoms with Crippen LogP contribution in [0.3, 0.4) is 0 Å². The molecule has 0 aliphatic carbocycles. The van der Waals surface area contributed by atoms with Crippen LogP contribution in [-0.4, -0.2) is 40.2 Å². The number of hydrogen-bond acceptors (Lipinski definition) is 8. The Morgan fingerprint density at radius 2 is 1.74 bits per heavy atom. The number of carbonyl (C=O) groups excluding carboxylic acids is 2. The molecule has 0 radical (unpaired) electrons. The third-order valence-electron chi connectivity index (χ3n) is 4.70. The largest absolute Gasteiger partial charge is 0.455 e. The van der Waals surface area contributed by atoms with Crippen LogP contribution in [0.25, 0.3) is 0 Å². The predicted octanol–water partition coefficient (Wildman–Crippen LogP) is 2.79. The fourth-order valence-corrected chi connectivity index (χ4v) is 3.90. The lowest BCUT2D eigenvalue weighted by Gasteiger charge is -2.23. The second kappa shape index (κ2) is 9.80. The molecular formula is C21H24N2O7S. The van der Waals surface area contributed by atoms with E-state index in [0.29, 0.717) is 11.4 Å². The molecule has 2 aromatic carbocycles. The van der Waals surface area contributed by atoms with Gasteiger partial charge in [-0.25, -0.2) is 18.4 Å². The molecule has 0 amide bonds. The van der Waals surface area contributed by atoms with Crippen LogP contribution in [0.4, 0.5) is 5.69 Å². The van der Waals surface area contributed by atoms with Crippen molar-refractivity contribution in [3.63, 3.8) is 0 Å². The summed E-state index contributed by atoms with van der Waals surface area (Å²) >= 11 is 0. The van der Waals surface area contributed by atoms with E-state index in [4.69, 9.17) is 19.3 Å². The van der Waals surface area contributed by atoms with Crippen molar-refractivity contribution in [1.29, 1.82) is 0 Å². The van der Waals surface area contributed by atoms with Gasteiger partial charge >= 0.3 is 11.9 Å². The van der Waals surface area contributed by atoms with Crippen LogP contribution in [0.5, 0.6) is 11.5 Å². The average Bonchev–Trinajstić information content (AvgIpc) is 3.28. The number of rotatable bonds is 8. The number of esters is 2. The molecule has 2 N–H and O–H groups in total. The molecule has 0 atom stereocenters. The maximum atomic E-state index is 12.6. The number of hydrogen-bond donors (Lipinski definition) is 1. The minimum Gasteiger partial charge on any atom is -0.455 e. The highest BCUT2D eigenvalue weighted by Gasteiger charge is 2.27. The molecule has 3 rings (SSSR count). The smallest absolute Gasteiger partial charge is 0.342 e. The number of primary sulfonamides is 1. The van der Waals surface area contributed by atoms with E-state index in [9.17, 15) is 18.0 Å². The van der Waals surface area contributed by atoms with Crippen molar-refractivity contribution in [3.8, 4) is 11.5 Å². The summed E-state index contributed by atoms with van der Waals surface area (Å²) in [6.07, 6.45) is 2.02. The van der Waals surface area contributed by atoms with Crippen LogP contribution >= 0.6 is 0 Å². The highest BCUT2D eigenvalue weighted by atomic mass is 32.2.